The smallest absolute Gasteiger partial charge is 0.349 e. The number of ether oxygens (including phenoxy) is 2. The molecule has 0 spiro atoms. The zero-order valence-corrected chi connectivity index (χ0v) is 15.5. The van der Waals surface area contributed by atoms with Crippen LogP contribution in [0, 0.1) is 12.3 Å². The maximum absolute atomic E-state index is 12.1. The molecule has 134 valence electrons. The molecule has 8 heteroatoms. The highest BCUT2D eigenvalue weighted by Crippen LogP contribution is 2.28. The van der Waals surface area contributed by atoms with E-state index in [9.17, 15) is 14.4 Å². The summed E-state index contributed by atoms with van der Waals surface area (Å²) in [5, 5.41) is 5.91. The Morgan fingerprint density at radius 2 is 1.92 bits per heavy atom. The van der Waals surface area contributed by atoms with E-state index in [1.165, 1.54) is 7.11 Å². The minimum atomic E-state index is -0.587. The zero-order valence-electron chi connectivity index (χ0n) is 14.6. The highest BCUT2D eigenvalue weighted by atomic mass is 32.1. The zero-order chi connectivity index (χ0) is 18.3. The van der Waals surface area contributed by atoms with Crippen molar-refractivity contribution in [1.82, 2.24) is 5.32 Å². The van der Waals surface area contributed by atoms with Crippen molar-refractivity contribution in [2.75, 3.05) is 32.2 Å². The summed E-state index contributed by atoms with van der Waals surface area (Å²) in [4.78, 5) is 35.9. The van der Waals surface area contributed by atoms with Gasteiger partial charge in [0.05, 0.1) is 11.6 Å². The number of aryl methyl sites for hydroxylation is 1. The van der Waals surface area contributed by atoms with Crippen LogP contribution in [0.25, 0.3) is 0 Å². The predicted octanol–water partition coefficient (Wildman–Crippen LogP) is 1.96. The minimum Gasteiger partial charge on any atom is -0.451 e. The SMILES string of the molecule is COCCNC(=O)COC(=O)c1sc(NC(=O)C(C)(C)C)cc1C. The third-order valence-electron chi connectivity index (χ3n) is 2.98. The second kappa shape index (κ2) is 8.79. The number of nitrogens with one attached hydrogen (secondary N) is 2. The molecule has 0 unspecified atom stereocenters. The first kappa shape index (κ1) is 20.1. The lowest BCUT2D eigenvalue weighted by molar-refractivity contribution is -0.124. The molecule has 1 aromatic heterocycles. The Balaban J connectivity index is 2.59. The third-order valence-corrected chi connectivity index (χ3v) is 4.12. The molecule has 2 N–H and O–H groups in total. The highest BCUT2D eigenvalue weighted by molar-refractivity contribution is 7.18. The second-order valence-corrected chi connectivity index (χ2v) is 7.30. The van der Waals surface area contributed by atoms with Crippen LogP contribution in [-0.2, 0) is 19.1 Å². The van der Waals surface area contributed by atoms with Crippen LogP contribution in [0.5, 0.6) is 0 Å². The average Bonchev–Trinajstić information content (AvgIpc) is 2.84. The van der Waals surface area contributed by atoms with Gasteiger partial charge in [0.15, 0.2) is 6.61 Å². The van der Waals surface area contributed by atoms with Gasteiger partial charge in [-0.25, -0.2) is 4.79 Å². The van der Waals surface area contributed by atoms with Crippen LogP contribution in [-0.4, -0.2) is 44.7 Å². The van der Waals surface area contributed by atoms with Crippen LogP contribution in [0.2, 0.25) is 0 Å². The summed E-state index contributed by atoms with van der Waals surface area (Å²) in [5.41, 5.74) is 0.160. The van der Waals surface area contributed by atoms with Gasteiger partial charge in [0.2, 0.25) is 5.91 Å². The quantitative estimate of drug-likeness (QED) is 0.575. The average molecular weight is 356 g/mol. The van der Waals surface area contributed by atoms with Crippen molar-refractivity contribution in [3.8, 4) is 0 Å². The summed E-state index contributed by atoms with van der Waals surface area (Å²) >= 11 is 1.13. The lowest BCUT2D eigenvalue weighted by atomic mass is 9.96. The Labute approximate surface area is 145 Å². The first-order valence-electron chi connectivity index (χ1n) is 7.49. The summed E-state index contributed by atoms with van der Waals surface area (Å²) in [5.74, 6) is -1.12. The number of anilines is 1. The molecule has 7 nitrogen and oxygen atoms in total. The Bertz CT molecular complexity index is 604. The van der Waals surface area contributed by atoms with E-state index in [1.807, 2.05) is 0 Å². The second-order valence-electron chi connectivity index (χ2n) is 6.25. The van der Waals surface area contributed by atoms with Crippen molar-refractivity contribution in [3.05, 3.63) is 16.5 Å². The van der Waals surface area contributed by atoms with Crippen LogP contribution in [0.1, 0.15) is 36.0 Å². The van der Waals surface area contributed by atoms with E-state index >= 15 is 0 Å². The fraction of sp³-hybridized carbons (Fsp3) is 0.562. The van der Waals surface area contributed by atoms with E-state index in [0.717, 1.165) is 11.3 Å². The van der Waals surface area contributed by atoms with Crippen molar-refractivity contribution in [2.24, 2.45) is 5.41 Å². The summed E-state index contributed by atoms with van der Waals surface area (Å²) in [6.45, 7) is 7.55. The van der Waals surface area contributed by atoms with Crippen LogP contribution >= 0.6 is 11.3 Å². The third kappa shape index (κ3) is 6.29. The monoisotopic (exact) mass is 356 g/mol. The number of methoxy groups -OCH3 is 1. The topological polar surface area (TPSA) is 93.7 Å². The maximum atomic E-state index is 12.1. The number of carbonyl (C=O) groups excluding carboxylic acids is 3. The highest BCUT2D eigenvalue weighted by Gasteiger charge is 2.23. The van der Waals surface area contributed by atoms with Crippen molar-refractivity contribution in [1.29, 1.82) is 0 Å². The summed E-state index contributed by atoms with van der Waals surface area (Å²) in [6, 6.07) is 1.71. The molecule has 1 heterocycles. The largest absolute Gasteiger partial charge is 0.451 e. The Hall–Kier alpha value is -1.93. The van der Waals surface area contributed by atoms with Gasteiger partial charge < -0.3 is 20.1 Å². The van der Waals surface area contributed by atoms with Crippen LogP contribution in [0.15, 0.2) is 6.07 Å². The van der Waals surface area contributed by atoms with E-state index in [-0.39, 0.29) is 12.5 Å². The number of carbonyl (C=O) groups is 3. The van der Waals surface area contributed by atoms with E-state index in [2.05, 4.69) is 10.6 Å². The molecular formula is C16H24N2O5S. The van der Waals surface area contributed by atoms with Gasteiger partial charge in [-0.1, -0.05) is 20.8 Å². The van der Waals surface area contributed by atoms with Gasteiger partial charge in [-0.05, 0) is 18.6 Å². The standard InChI is InChI=1S/C16H24N2O5S/c1-10-8-12(18-15(21)16(2,3)4)24-13(10)14(20)23-9-11(19)17-6-7-22-5/h8H,6-7,9H2,1-5H3,(H,17,19)(H,18,21). The van der Waals surface area contributed by atoms with Gasteiger partial charge in [0.25, 0.3) is 5.91 Å². The van der Waals surface area contributed by atoms with Gasteiger partial charge in [0.1, 0.15) is 4.88 Å². The van der Waals surface area contributed by atoms with E-state index < -0.39 is 17.3 Å². The Morgan fingerprint density at radius 1 is 1.25 bits per heavy atom. The minimum absolute atomic E-state index is 0.138. The number of rotatable bonds is 7. The molecule has 1 aromatic rings. The molecule has 0 fully saturated rings. The van der Waals surface area contributed by atoms with Crippen LogP contribution < -0.4 is 10.6 Å². The molecule has 0 saturated heterocycles. The van der Waals surface area contributed by atoms with E-state index in [1.54, 1.807) is 33.8 Å². The van der Waals surface area contributed by atoms with Gasteiger partial charge in [0, 0.05) is 19.1 Å². The molecular weight excluding hydrogens is 332 g/mol. The molecule has 0 radical (unpaired) electrons. The normalized spacial score (nSPS) is 11.0. The number of esters is 1. The molecule has 0 aliphatic rings. The van der Waals surface area contributed by atoms with Crippen molar-refractivity contribution < 1.29 is 23.9 Å². The first-order chi connectivity index (χ1) is 11.1. The molecule has 0 atom stereocenters. The first-order valence-corrected chi connectivity index (χ1v) is 8.31. The van der Waals surface area contributed by atoms with Crippen molar-refractivity contribution >= 4 is 34.1 Å². The summed E-state index contributed by atoms with van der Waals surface area (Å²) < 4.78 is 9.80. The molecule has 0 saturated carbocycles. The van der Waals surface area contributed by atoms with Gasteiger partial charge in [-0.15, -0.1) is 11.3 Å². The predicted molar refractivity (Wildman–Crippen MR) is 92.3 cm³/mol. The van der Waals surface area contributed by atoms with Crippen LogP contribution in [0.4, 0.5) is 5.00 Å². The fourth-order valence-corrected chi connectivity index (χ4v) is 2.55. The van der Waals surface area contributed by atoms with Gasteiger partial charge in [-0.3, -0.25) is 9.59 Å². The Morgan fingerprint density at radius 3 is 2.50 bits per heavy atom. The number of hydrogen-bond acceptors (Lipinski definition) is 6. The lowest BCUT2D eigenvalue weighted by Gasteiger charge is -2.16. The van der Waals surface area contributed by atoms with E-state index in [4.69, 9.17) is 9.47 Å². The molecule has 1 rings (SSSR count). The van der Waals surface area contributed by atoms with Gasteiger partial charge >= 0.3 is 5.97 Å². The van der Waals surface area contributed by atoms with E-state index in [0.29, 0.717) is 28.6 Å². The summed E-state index contributed by atoms with van der Waals surface area (Å²) in [6.07, 6.45) is 0. The molecule has 0 aliphatic carbocycles. The number of amides is 2. The fourth-order valence-electron chi connectivity index (χ4n) is 1.59. The number of hydrogen-bond donors (Lipinski definition) is 2. The molecule has 2 amide bonds. The van der Waals surface area contributed by atoms with Crippen molar-refractivity contribution in [2.45, 2.75) is 27.7 Å². The van der Waals surface area contributed by atoms with Crippen molar-refractivity contribution in [3.63, 3.8) is 0 Å². The van der Waals surface area contributed by atoms with Gasteiger partial charge in [-0.2, -0.15) is 0 Å². The molecule has 0 bridgehead atoms. The number of thiophene rings is 1. The maximum Gasteiger partial charge on any atom is 0.349 e. The molecule has 0 aliphatic heterocycles. The lowest BCUT2D eigenvalue weighted by Crippen LogP contribution is -2.31. The summed E-state index contributed by atoms with van der Waals surface area (Å²) in [7, 11) is 1.53. The molecule has 24 heavy (non-hydrogen) atoms. The Kier molecular flexibility index (Phi) is 7.37. The molecule has 0 aromatic carbocycles. The van der Waals surface area contributed by atoms with Crippen LogP contribution in [0.3, 0.4) is 0 Å².